The van der Waals surface area contributed by atoms with Crippen LogP contribution in [0, 0.1) is 5.92 Å². The van der Waals surface area contributed by atoms with Crippen LogP contribution >= 0.6 is 11.6 Å². The molecule has 21 heavy (non-hydrogen) atoms. The molecule has 0 aromatic heterocycles. The second-order valence-electron chi connectivity index (χ2n) is 6.51. The maximum atomic E-state index is 12.7. The maximum absolute atomic E-state index is 12.7. The lowest BCUT2D eigenvalue weighted by molar-refractivity contribution is -0.134. The first-order valence-electron chi connectivity index (χ1n) is 7.77. The Kier molecular flexibility index (Phi) is 4.23. The Hall–Kier alpha value is -1.06. The number of amides is 1. The second kappa shape index (κ2) is 5.98. The Morgan fingerprint density at radius 3 is 2.81 bits per heavy atom. The quantitative estimate of drug-likeness (QED) is 0.857. The number of nitrogens with zero attached hydrogens (tertiary/aromatic N) is 2. The average Bonchev–Trinajstić information content (AvgIpc) is 3.27. The van der Waals surface area contributed by atoms with Gasteiger partial charge in [0, 0.05) is 30.1 Å². The summed E-state index contributed by atoms with van der Waals surface area (Å²) in [4.78, 5) is 17.0. The van der Waals surface area contributed by atoms with Gasteiger partial charge in [0.15, 0.2) is 0 Å². The lowest BCUT2D eigenvalue weighted by Crippen LogP contribution is -2.48. The number of carbonyl (C=O) groups excluding carboxylic acids is 1. The van der Waals surface area contributed by atoms with Crippen molar-refractivity contribution in [2.24, 2.45) is 5.92 Å². The molecule has 2 aliphatic rings. The van der Waals surface area contributed by atoms with Gasteiger partial charge in [0.2, 0.25) is 5.91 Å². The van der Waals surface area contributed by atoms with Gasteiger partial charge < -0.3 is 9.80 Å². The Labute approximate surface area is 131 Å². The van der Waals surface area contributed by atoms with Gasteiger partial charge in [0.1, 0.15) is 0 Å². The highest BCUT2D eigenvalue weighted by molar-refractivity contribution is 6.31. The molecular formula is C17H23ClN2O. The van der Waals surface area contributed by atoms with E-state index in [0.29, 0.717) is 17.9 Å². The third-order valence-electron chi connectivity index (χ3n) is 4.85. The van der Waals surface area contributed by atoms with E-state index in [2.05, 4.69) is 30.0 Å². The van der Waals surface area contributed by atoms with E-state index < -0.39 is 0 Å². The van der Waals surface area contributed by atoms with Crippen LogP contribution in [0.25, 0.3) is 0 Å². The minimum atomic E-state index is 0.144. The predicted octanol–water partition coefficient (Wildman–Crippen LogP) is 3.00. The van der Waals surface area contributed by atoms with Crippen molar-refractivity contribution in [1.82, 2.24) is 9.80 Å². The molecule has 0 unspecified atom stereocenters. The zero-order valence-corrected chi connectivity index (χ0v) is 13.5. The minimum absolute atomic E-state index is 0.144. The normalized spacial score (nSPS) is 28.8. The molecule has 0 spiro atoms. The van der Waals surface area contributed by atoms with Crippen molar-refractivity contribution in [2.45, 2.75) is 31.2 Å². The maximum Gasteiger partial charge on any atom is 0.226 e. The number of halogens is 1. The molecule has 3 rings (SSSR count). The molecule has 0 N–H and O–H groups in total. The first-order valence-corrected chi connectivity index (χ1v) is 8.15. The Morgan fingerprint density at radius 1 is 1.33 bits per heavy atom. The number of benzene rings is 1. The Bertz CT molecular complexity index is 531. The van der Waals surface area contributed by atoms with E-state index >= 15 is 0 Å². The van der Waals surface area contributed by atoms with Gasteiger partial charge in [0.25, 0.3) is 0 Å². The number of hydrogen-bond acceptors (Lipinski definition) is 2. The van der Waals surface area contributed by atoms with Gasteiger partial charge in [-0.05, 0) is 50.9 Å². The van der Waals surface area contributed by atoms with Gasteiger partial charge in [-0.15, -0.1) is 0 Å². The molecule has 1 saturated carbocycles. The van der Waals surface area contributed by atoms with E-state index in [1.165, 1.54) is 6.42 Å². The molecule has 1 aromatic rings. The number of carbonyl (C=O) groups is 1. The van der Waals surface area contributed by atoms with Crippen molar-refractivity contribution in [2.75, 3.05) is 27.2 Å². The van der Waals surface area contributed by atoms with E-state index in [4.69, 9.17) is 11.6 Å². The molecule has 4 heteroatoms. The summed E-state index contributed by atoms with van der Waals surface area (Å²) in [6.07, 6.45) is 3.25. The van der Waals surface area contributed by atoms with Gasteiger partial charge in [-0.2, -0.15) is 0 Å². The summed E-state index contributed by atoms with van der Waals surface area (Å²) in [7, 11) is 4.20. The van der Waals surface area contributed by atoms with E-state index in [9.17, 15) is 4.79 Å². The number of rotatable bonds is 3. The summed E-state index contributed by atoms with van der Waals surface area (Å²) in [6, 6.07) is 8.42. The van der Waals surface area contributed by atoms with Crippen molar-refractivity contribution in [3.8, 4) is 0 Å². The summed E-state index contributed by atoms with van der Waals surface area (Å²) in [5.41, 5.74) is 1.14. The molecule has 3 atom stereocenters. The first-order chi connectivity index (χ1) is 10.1. The van der Waals surface area contributed by atoms with Crippen LogP contribution in [0.4, 0.5) is 0 Å². The summed E-state index contributed by atoms with van der Waals surface area (Å²) < 4.78 is 0. The van der Waals surface area contributed by atoms with E-state index in [-0.39, 0.29) is 5.92 Å². The van der Waals surface area contributed by atoms with Gasteiger partial charge in [0.05, 0.1) is 0 Å². The van der Waals surface area contributed by atoms with Crippen LogP contribution in [0.2, 0.25) is 5.02 Å². The fraction of sp³-hybridized carbons (Fsp3) is 0.588. The lowest BCUT2D eigenvalue weighted by Gasteiger charge is -2.36. The van der Waals surface area contributed by atoms with Crippen molar-refractivity contribution in [1.29, 1.82) is 0 Å². The van der Waals surface area contributed by atoms with Crippen LogP contribution in [-0.4, -0.2) is 48.9 Å². The predicted molar refractivity (Wildman–Crippen MR) is 85.6 cm³/mol. The van der Waals surface area contributed by atoms with Crippen molar-refractivity contribution < 1.29 is 4.79 Å². The molecular weight excluding hydrogens is 284 g/mol. The molecule has 3 nitrogen and oxygen atoms in total. The number of hydrogen-bond donors (Lipinski definition) is 0. The smallest absolute Gasteiger partial charge is 0.226 e. The van der Waals surface area contributed by atoms with Crippen LogP contribution in [0.15, 0.2) is 24.3 Å². The van der Waals surface area contributed by atoms with Crippen molar-refractivity contribution >= 4 is 17.5 Å². The van der Waals surface area contributed by atoms with E-state index in [1.54, 1.807) is 0 Å². The zero-order valence-electron chi connectivity index (χ0n) is 12.8. The second-order valence-corrected chi connectivity index (χ2v) is 6.92. The van der Waals surface area contributed by atoms with Gasteiger partial charge in [-0.3, -0.25) is 4.79 Å². The summed E-state index contributed by atoms with van der Waals surface area (Å²) in [5.74, 6) is 0.795. The number of likely N-dealkylation sites (tertiary alicyclic amines) is 1. The molecule has 1 heterocycles. The largest absolute Gasteiger partial charge is 0.341 e. The van der Waals surface area contributed by atoms with Gasteiger partial charge in [-0.25, -0.2) is 0 Å². The zero-order chi connectivity index (χ0) is 15.0. The van der Waals surface area contributed by atoms with Crippen LogP contribution in [0.3, 0.4) is 0 Å². The van der Waals surface area contributed by atoms with E-state index in [1.807, 2.05) is 18.2 Å². The molecule has 114 valence electrons. The number of piperidine rings is 1. The summed E-state index contributed by atoms with van der Waals surface area (Å²) in [6.45, 7) is 1.78. The highest BCUT2D eigenvalue weighted by Crippen LogP contribution is 2.50. The van der Waals surface area contributed by atoms with Crippen LogP contribution in [-0.2, 0) is 4.79 Å². The van der Waals surface area contributed by atoms with Gasteiger partial charge >= 0.3 is 0 Å². The molecule has 1 aliphatic carbocycles. The fourth-order valence-corrected chi connectivity index (χ4v) is 3.67. The highest BCUT2D eigenvalue weighted by Gasteiger charge is 2.47. The molecule has 2 fully saturated rings. The lowest BCUT2D eigenvalue weighted by atomic mass is 10.0. The van der Waals surface area contributed by atoms with Crippen LogP contribution in [0.5, 0.6) is 0 Å². The van der Waals surface area contributed by atoms with E-state index in [0.717, 1.165) is 36.5 Å². The fourth-order valence-electron chi connectivity index (χ4n) is 3.40. The third kappa shape index (κ3) is 3.09. The summed E-state index contributed by atoms with van der Waals surface area (Å²) >= 11 is 6.25. The summed E-state index contributed by atoms with van der Waals surface area (Å²) in [5, 5.41) is 0.794. The molecule has 1 aliphatic heterocycles. The molecule has 1 saturated heterocycles. The van der Waals surface area contributed by atoms with Crippen molar-refractivity contribution in [3.63, 3.8) is 0 Å². The first kappa shape index (κ1) is 14.9. The molecule has 0 bridgehead atoms. The molecule has 1 aromatic carbocycles. The molecule has 1 amide bonds. The third-order valence-corrected chi connectivity index (χ3v) is 5.20. The molecule has 0 radical (unpaired) electrons. The topological polar surface area (TPSA) is 23.6 Å². The van der Waals surface area contributed by atoms with Crippen molar-refractivity contribution in [3.05, 3.63) is 34.9 Å². The Balaban J connectivity index is 1.64. The average molecular weight is 307 g/mol. The standard InChI is InChI=1S/C17H23ClN2O/c1-19(2)12-6-5-9-20(11-12)17(21)15-10-14(15)13-7-3-4-8-16(13)18/h3-4,7-8,12,14-15H,5-6,9-11H2,1-2H3/t12-,14+,15+/m1/s1. The highest BCUT2D eigenvalue weighted by atomic mass is 35.5. The Morgan fingerprint density at radius 2 is 2.10 bits per heavy atom. The SMILES string of the molecule is CN(C)[C@@H]1CCCN(C(=O)[C@H]2C[C@H]2c2ccccc2Cl)C1. The van der Waals surface area contributed by atoms with Crippen LogP contribution < -0.4 is 0 Å². The van der Waals surface area contributed by atoms with Gasteiger partial charge in [-0.1, -0.05) is 29.8 Å². The monoisotopic (exact) mass is 306 g/mol. The minimum Gasteiger partial charge on any atom is -0.341 e. The van der Waals surface area contributed by atoms with Crippen LogP contribution in [0.1, 0.15) is 30.7 Å². The number of likely N-dealkylation sites (N-methyl/N-ethyl adjacent to an activating group) is 1.